The molecule has 0 amide bonds. The summed E-state index contributed by atoms with van der Waals surface area (Å²) in [6.45, 7) is 5.21. The van der Waals surface area contributed by atoms with Crippen molar-refractivity contribution in [1.82, 2.24) is 19.9 Å². The number of rotatable bonds is 2. The lowest BCUT2D eigenvalue weighted by molar-refractivity contribution is 0.553. The Kier molecular flexibility index (Phi) is 4.16. The van der Waals surface area contributed by atoms with E-state index < -0.39 is 0 Å². The Balaban J connectivity index is 1.57. The van der Waals surface area contributed by atoms with E-state index in [4.69, 9.17) is 11.6 Å². The maximum absolute atomic E-state index is 6.31. The van der Waals surface area contributed by atoms with Gasteiger partial charge in [-0.05, 0) is 38.3 Å². The lowest BCUT2D eigenvalue weighted by atomic mass is 9.98. The Hall–Kier alpha value is -2.34. The predicted molar refractivity (Wildman–Crippen MR) is 109 cm³/mol. The molecule has 0 bridgehead atoms. The Labute approximate surface area is 163 Å². The number of anilines is 2. The van der Waals surface area contributed by atoms with Crippen LogP contribution in [-0.4, -0.2) is 39.1 Å². The largest absolute Gasteiger partial charge is 0.363 e. The van der Waals surface area contributed by atoms with E-state index in [2.05, 4.69) is 42.7 Å². The average Bonchev–Trinajstić information content (AvgIpc) is 3.15. The first-order valence-corrected chi connectivity index (χ1v) is 10.1. The van der Waals surface area contributed by atoms with E-state index in [1.807, 2.05) is 12.3 Å². The number of pyridine rings is 1. The fourth-order valence-electron chi connectivity index (χ4n) is 4.42. The van der Waals surface area contributed by atoms with Crippen molar-refractivity contribution in [3.8, 4) is 0 Å². The zero-order valence-corrected chi connectivity index (χ0v) is 16.2. The summed E-state index contributed by atoms with van der Waals surface area (Å²) in [5, 5.41) is 1.62. The molecule has 7 heteroatoms. The second-order valence-corrected chi connectivity index (χ2v) is 7.94. The zero-order valence-electron chi connectivity index (χ0n) is 15.5. The number of hydrogen-bond donors (Lipinski definition) is 1. The molecular formula is C20H23ClN6. The minimum atomic E-state index is 0.332. The Morgan fingerprint density at radius 1 is 1.19 bits per heavy atom. The molecule has 5 heterocycles. The van der Waals surface area contributed by atoms with Crippen molar-refractivity contribution in [2.45, 2.75) is 45.2 Å². The molecule has 0 saturated carbocycles. The van der Waals surface area contributed by atoms with Crippen molar-refractivity contribution in [3.63, 3.8) is 0 Å². The predicted octanol–water partition coefficient (Wildman–Crippen LogP) is 3.95. The van der Waals surface area contributed by atoms with Crippen LogP contribution in [0.15, 0.2) is 24.7 Å². The lowest BCUT2D eigenvalue weighted by Crippen LogP contribution is -2.41. The third kappa shape index (κ3) is 2.92. The van der Waals surface area contributed by atoms with Crippen LogP contribution in [0.1, 0.15) is 37.4 Å². The van der Waals surface area contributed by atoms with Crippen LogP contribution in [0.5, 0.6) is 0 Å². The number of fused-ring (bicyclic) bond motifs is 2. The molecule has 0 aliphatic carbocycles. The second-order valence-electron chi connectivity index (χ2n) is 7.56. The van der Waals surface area contributed by atoms with Crippen LogP contribution >= 0.6 is 11.6 Å². The maximum atomic E-state index is 6.31. The molecule has 3 aromatic rings. The van der Waals surface area contributed by atoms with E-state index in [1.54, 1.807) is 6.33 Å². The highest BCUT2D eigenvalue weighted by Gasteiger charge is 2.30. The van der Waals surface area contributed by atoms with Crippen molar-refractivity contribution in [1.29, 1.82) is 0 Å². The molecule has 140 valence electrons. The molecule has 2 aliphatic heterocycles. The summed E-state index contributed by atoms with van der Waals surface area (Å²) in [5.41, 5.74) is 4.39. The highest BCUT2D eigenvalue weighted by molar-refractivity contribution is 6.30. The molecule has 2 aliphatic rings. The number of piperidine rings is 1. The van der Waals surface area contributed by atoms with E-state index in [1.165, 1.54) is 30.5 Å². The van der Waals surface area contributed by atoms with Gasteiger partial charge in [-0.1, -0.05) is 11.6 Å². The molecule has 0 spiro atoms. The van der Waals surface area contributed by atoms with Gasteiger partial charge in [-0.3, -0.25) is 0 Å². The van der Waals surface area contributed by atoms with Gasteiger partial charge in [0, 0.05) is 49.2 Å². The summed E-state index contributed by atoms with van der Waals surface area (Å²) in [5.74, 6) is 1.11. The Morgan fingerprint density at radius 2 is 2.04 bits per heavy atom. The fourth-order valence-corrected chi connectivity index (χ4v) is 4.61. The molecule has 5 rings (SSSR count). The summed E-state index contributed by atoms with van der Waals surface area (Å²) >= 11 is 6.31. The van der Waals surface area contributed by atoms with Crippen molar-refractivity contribution in [2.24, 2.45) is 0 Å². The number of aromatic amines is 1. The molecule has 1 saturated heterocycles. The van der Waals surface area contributed by atoms with E-state index in [-0.39, 0.29) is 0 Å². The highest BCUT2D eigenvalue weighted by atomic mass is 35.5. The van der Waals surface area contributed by atoms with Crippen LogP contribution in [0, 0.1) is 0 Å². The van der Waals surface area contributed by atoms with E-state index >= 15 is 0 Å². The lowest BCUT2D eigenvalue weighted by Gasteiger charge is -2.39. The van der Waals surface area contributed by atoms with Crippen LogP contribution in [0.4, 0.5) is 11.5 Å². The van der Waals surface area contributed by atoms with Crippen molar-refractivity contribution >= 4 is 34.1 Å². The highest BCUT2D eigenvalue weighted by Crippen LogP contribution is 2.36. The van der Waals surface area contributed by atoms with Crippen LogP contribution in [0.25, 0.3) is 11.0 Å². The topological polar surface area (TPSA) is 60.9 Å². The monoisotopic (exact) mass is 382 g/mol. The molecule has 1 unspecified atom stereocenters. The zero-order chi connectivity index (χ0) is 18.4. The summed E-state index contributed by atoms with van der Waals surface area (Å²) in [4.78, 5) is 21.7. The van der Waals surface area contributed by atoms with Gasteiger partial charge in [0.25, 0.3) is 0 Å². The van der Waals surface area contributed by atoms with Gasteiger partial charge in [-0.2, -0.15) is 0 Å². The van der Waals surface area contributed by atoms with Gasteiger partial charge in [0.1, 0.15) is 22.9 Å². The smallest absolute Gasteiger partial charge is 0.141 e. The van der Waals surface area contributed by atoms with Crippen LogP contribution in [0.2, 0.25) is 5.15 Å². The summed E-state index contributed by atoms with van der Waals surface area (Å²) in [6.07, 6.45) is 8.35. The number of aromatic nitrogens is 4. The number of nitrogens with zero attached hydrogens (tertiary/aromatic N) is 5. The van der Waals surface area contributed by atoms with Crippen LogP contribution in [-0.2, 0) is 13.0 Å². The Bertz CT molecular complexity index is 978. The SMILES string of the molecule is CC1Cc2ncnc(N3CCCCC3)c2CN1c1cc(Cl)nc2[nH]ccc12. The minimum Gasteiger partial charge on any atom is -0.363 e. The van der Waals surface area contributed by atoms with Crippen molar-refractivity contribution in [3.05, 3.63) is 41.1 Å². The number of hydrogen-bond acceptors (Lipinski definition) is 5. The van der Waals surface area contributed by atoms with Gasteiger partial charge in [-0.25, -0.2) is 15.0 Å². The number of H-pyrrole nitrogens is 1. The van der Waals surface area contributed by atoms with Gasteiger partial charge >= 0.3 is 0 Å². The standard InChI is InChI=1S/C20H23ClN6/c1-13-9-16-15(20(24-12-23-16)26-7-3-2-4-8-26)11-27(13)17-10-18(21)25-19-14(17)5-6-22-19/h5-6,10,12-13H,2-4,7-9,11H2,1H3,(H,22,25). The van der Waals surface area contributed by atoms with E-state index in [0.29, 0.717) is 11.2 Å². The first-order valence-electron chi connectivity index (χ1n) is 9.68. The molecule has 3 aromatic heterocycles. The minimum absolute atomic E-state index is 0.332. The first-order chi connectivity index (χ1) is 13.2. The summed E-state index contributed by atoms with van der Waals surface area (Å²) < 4.78 is 0. The molecule has 1 atom stereocenters. The van der Waals surface area contributed by atoms with Gasteiger partial charge in [0.05, 0.1) is 11.4 Å². The Morgan fingerprint density at radius 3 is 2.89 bits per heavy atom. The van der Waals surface area contributed by atoms with Crippen LogP contribution in [0.3, 0.4) is 0 Å². The van der Waals surface area contributed by atoms with Crippen molar-refractivity contribution < 1.29 is 0 Å². The molecular weight excluding hydrogens is 360 g/mol. The van der Waals surface area contributed by atoms with Crippen molar-refractivity contribution in [2.75, 3.05) is 22.9 Å². The third-order valence-electron chi connectivity index (χ3n) is 5.80. The fraction of sp³-hybridized carbons (Fsp3) is 0.450. The van der Waals surface area contributed by atoms with Gasteiger partial charge < -0.3 is 14.8 Å². The molecule has 0 radical (unpaired) electrons. The number of nitrogens with one attached hydrogen (secondary N) is 1. The molecule has 1 N–H and O–H groups in total. The van der Waals surface area contributed by atoms with Gasteiger partial charge in [0.15, 0.2) is 0 Å². The molecule has 0 aromatic carbocycles. The third-order valence-corrected chi connectivity index (χ3v) is 6.00. The first kappa shape index (κ1) is 16.8. The van der Waals surface area contributed by atoms with Gasteiger partial charge in [0.2, 0.25) is 0 Å². The quantitative estimate of drug-likeness (QED) is 0.680. The van der Waals surface area contributed by atoms with Gasteiger partial charge in [-0.15, -0.1) is 0 Å². The number of halogens is 1. The van der Waals surface area contributed by atoms with E-state index in [0.717, 1.165) is 48.6 Å². The molecule has 27 heavy (non-hydrogen) atoms. The summed E-state index contributed by atoms with van der Waals surface area (Å²) in [6, 6.07) is 4.38. The van der Waals surface area contributed by atoms with Crippen LogP contribution < -0.4 is 9.80 Å². The maximum Gasteiger partial charge on any atom is 0.141 e. The normalized spacial score (nSPS) is 20.1. The average molecular weight is 383 g/mol. The summed E-state index contributed by atoms with van der Waals surface area (Å²) in [7, 11) is 0. The molecule has 6 nitrogen and oxygen atoms in total. The molecule has 1 fully saturated rings. The second kappa shape index (κ2) is 6.68. The van der Waals surface area contributed by atoms with E-state index in [9.17, 15) is 0 Å².